The van der Waals surface area contributed by atoms with Crippen molar-refractivity contribution in [2.24, 2.45) is 0 Å². The van der Waals surface area contributed by atoms with Gasteiger partial charge in [-0.25, -0.2) is 9.18 Å². The fourth-order valence-electron chi connectivity index (χ4n) is 4.01. The number of hydrogen-bond acceptors (Lipinski definition) is 5. The third-order valence-corrected chi connectivity index (χ3v) is 5.73. The van der Waals surface area contributed by atoms with E-state index in [0.29, 0.717) is 50.5 Å². The first-order valence-corrected chi connectivity index (χ1v) is 10.2. The van der Waals surface area contributed by atoms with Crippen molar-refractivity contribution in [3.05, 3.63) is 39.9 Å². The van der Waals surface area contributed by atoms with Crippen LogP contribution in [0.2, 0.25) is 0 Å². The highest BCUT2D eigenvalue weighted by Crippen LogP contribution is 2.38. The van der Waals surface area contributed by atoms with Gasteiger partial charge in [-0.1, -0.05) is 0 Å². The monoisotopic (exact) mass is 416 g/mol. The van der Waals surface area contributed by atoms with Crippen LogP contribution < -0.4 is 15.6 Å². The topological polar surface area (TPSA) is 94.9 Å². The van der Waals surface area contributed by atoms with Gasteiger partial charge < -0.3 is 19.9 Å². The van der Waals surface area contributed by atoms with Gasteiger partial charge in [0, 0.05) is 50.3 Å². The van der Waals surface area contributed by atoms with E-state index in [2.05, 4.69) is 5.32 Å². The van der Waals surface area contributed by atoms with Crippen LogP contribution in [0.15, 0.2) is 23.1 Å². The second kappa shape index (κ2) is 8.06. The number of anilines is 1. The highest BCUT2D eigenvalue weighted by Gasteiger charge is 2.28. The zero-order chi connectivity index (χ0) is 21.4. The summed E-state index contributed by atoms with van der Waals surface area (Å²) >= 11 is 0. The molecule has 8 nitrogen and oxygen atoms in total. The molecule has 0 atom stereocenters. The fourth-order valence-corrected chi connectivity index (χ4v) is 4.01. The van der Waals surface area contributed by atoms with Crippen LogP contribution in [0.3, 0.4) is 0 Å². The highest BCUT2D eigenvalue weighted by atomic mass is 19.1. The number of aromatic carboxylic acids is 1. The number of carboxylic acids is 1. The summed E-state index contributed by atoms with van der Waals surface area (Å²) in [4.78, 5) is 39.8. The summed E-state index contributed by atoms with van der Waals surface area (Å²) in [6.45, 7) is 5.16. The SMILES string of the molecule is CCNC(=O)CN1CCN(c2cc3c(cc2F)c(=O)c(C(=O)O)cn3C2CC2)CC1. The first kappa shape index (κ1) is 20.3. The predicted molar refractivity (Wildman–Crippen MR) is 111 cm³/mol. The van der Waals surface area contributed by atoms with Gasteiger partial charge in [0.15, 0.2) is 0 Å². The van der Waals surface area contributed by atoms with Gasteiger partial charge in [0.2, 0.25) is 11.3 Å². The molecule has 1 aliphatic heterocycles. The molecule has 160 valence electrons. The van der Waals surface area contributed by atoms with Crippen LogP contribution in [0.5, 0.6) is 0 Å². The number of piperazine rings is 1. The lowest BCUT2D eigenvalue weighted by atomic mass is 10.1. The number of amides is 1. The molecule has 2 aromatic rings. The number of aromatic nitrogens is 1. The molecule has 1 aromatic carbocycles. The van der Waals surface area contributed by atoms with E-state index < -0.39 is 17.2 Å². The van der Waals surface area contributed by atoms with Crippen LogP contribution in [-0.2, 0) is 4.79 Å². The van der Waals surface area contributed by atoms with E-state index in [4.69, 9.17) is 0 Å². The molecule has 4 rings (SSSR count). The lowest BCUT2D eigenvalue weighted by Gasteiger charge is -2.36. The molecule has 0 bridgehead atoms. The molecule has 30 heavy (non-hydrogen) atoms. The number of benzene rings is 1. The minimum Gasteiger partial charge on any atom is -0.477 e. The van der Waals surface area contributed by atoms with Crippen LogP contribution in [0.1, 0.15) is 36.2 Å². The molecular formula is C21H25FN4O4. The molecule has 2 N–H and O–H groups in total. The maximum Gasteiger partial charge on any atom is 0.341 e. The summed E-state index contributed by atoms with van der Waals surface area (Å²) in [5.41, 5.74) is -0.0298. The van der Waals surface area contributed by atoms with Gasteiger partial charge in [-0.05, 0) is 31.9 Å². The summed E-state index contributed by atoms with van der Waals surface area (Å²) < 4.78 is 16.8. The van der Waals surface area contributed by atoms with E-state index in [1.807, 2.05) is 16.7 Å². The van der Waals surface area contributed by atoms with Crippen molar-refractivity contribution < 1.29 is 19.1 Å². The molecule has 2 fully saturated rings. The number of carbonyl (C=O) groups excluding carboxylic acids is 1. The van der Waals surface area contributed by atoms with Crippen LogP contribution in [0, 0.1) is 5.82 Å². The Kier molecular flexibility index (Phi) is 5.46. The standard InChI is InChI=1S/C21H25FN4O4/c1-2-23-19(27)12-24-5-7-25(8-6-24)18-10-17-14(9-16(18)22)20(28)15(21(29)30)11-26(17)13-3-4-13/h9-11,13H,2-8,12H2,1H3,(H,23,27)(H,29,30). The van der Waals surface area contributed by atoms with E-state index in [1.165, 1.54) is 12.3 Å². The average molecular weight is 416 g/mol. The van der Waals surface area contributed by atoms with Crippen molar-refractivity contribution in [3.63, 3.8) is 0 Å². The Morgan fingerprint density at radius 3 is 2.50 bits per heavy atom. The van der Waals surface area contributed by atoms with Gasteiger partial charge in [0.1, 0.15) is 11.4 Å². The Morgan fingerprint density at radius 2 is 1.90 bits per heavy atom. The predicted octanol–water partition coefficient (Wildman–Crippen LogP) is 1.43. The van der Waals surface area contributed by atoms with Gasteiger partial charge in [-0.2, -0.15) is 0 Å². The van der Waals surface area contributed by atoms with Gasteiger partial charge in [0.05, 0.1) is 17.7 Å². The van der Waals surface area contributed by atoms with Crippen LogP contribution in [0.4, 0.5) is 10.1 Å². The Morgan fingerprint density at radius 1 is 1.20 bits per heavy atom. The minimum atomic E-state index is -1.30. The summed E-state index contributed by atoms with van der Waals surface area (Å²) in [6, 6.07) is 2.97. The highest BCUT2D eigenvalue weighted by molar-refractivity contribution is 5.93. The molecule has 1 aromatic heterocycles. The summed E-state index contributed by atoms with van der Waals surface area (Å²) in [5, 5.41) is 12.2. The third kappa shape index (κ3) is 3.89. The molecular weight excluding hydrogens is 391 g/mol. The summed E-state index contributed by atoms with van der Waals surface area (Å²) in [5.74, 6) is -1.86. The van der Waals surface area contributed by atoms with Crippen molar-refractivity contribution in [1.82, 2.24) is 14.8 Å². The molecule has 9 heteroatoms. The number of likely N-dealkylation sites (N-methyl/N-ethyl adjacent to an activating group) is 1. The second-order valence-electron chi connectivity index (χ2n) is 7.85. The molecule has 2 heterocycles. The van der Waals surface area contributed by atoms with Gasteiger partial charge >= 0.3 is 5.97 Å². The number of hydrogen-bond donors (Lipinski definition) is 2. The molecule has 0 spiro atoms. The molecule has 1 aliphatic carbocycles. The van der Waals surface area contributed by atoms with E-state index >= 15 is 0 Å². The van der Waals surface area contributed by atoms with Crippen LogP contribution >= 0.6 is 0 Å². The lowest BCUT2D eigenvalue weighted by molar-refractivity contribution is -0.122. The number of fused-ring (bicyclic) bond motifs is 1. The molecule has 0 radical (unpaired) electrons. The van der Waals surface area contributed by atoms with Crippen molar-refractivity contribution >= 4 is 28.5 Å². The number of nitrogens with one attached hydrogen (secondary N) is 1. The number of carbonyl (C=O) groups is 2. The lowest BCUT2D eigenvalue weighted by Crippen LogP contribution is -2.49. The Hall–Kier alpha value is -2.94. The first-order valence-electron chi connectivity index (χ1n) is 10.2. The Labute approximate surface area is 172 Å². The largest absolute Gasteiger partial charge is 0.477 e. The zero-order valence-corrected chi connectivity index (χ0v) is 16.9. The quantitative estimate of drug-likeness (QED) is 0.740. The average Bonchev–Trinajstić information content (AvgIpc) is 3.54. The second-order valence-corrected chi connectivity index (χ2v) is 7.85. The number of nitrogens with zero attached hydrogens (tertiary/aromatic N) is 3. The van der Waals surface area contributed by atoms with Crippen LogP contribution in [-0.4, -0.2) is 65.7 Å². The molecule has 1 amide bonds. The normalized spacial score (nSPS) is 17.3. The number of rotatable bonds is 6. The first-order chi connectivity index (χ1) is 14.4. The minimum absolute atomic E-state index is 0.0227. The number of halogens is 1. The maximum absolute atomic E-state index is 15.0. The smallest absolute Gasteiger partial charge is 0.341 e. The van der Waals surface area contributed by atoms with E-state index in [0.717, 1.165) is 12.8 Å². The van der Waals surface area contributed by atoms with Crippen LogP contribution in [0.25, 0.3) is 10.9 Å². The number of carboxylic acid groups (broad SMARTS) is 1. The Bertz CT molecular complexity index is 1060. The summed E-state index contributed by atoms with van der Waals surface area (Å²) in [6.07, 6.45) is 3.20. The third-order valence-electron chi connectivity index (χ3n) is 5.73. The maximum atomic E-state index is 15.0. The van der Waals surface area contributed by atoms with E-state index in [9.17, 15) is 23.9 Å². The molecule has 1 saturated heterocycles. The molecule has 1 saturated carbocycles. The fraction of sp³-hybridized carbons (Fsp3) is 0.476. The van der Waals surface area contributed by atoms with E-state index in [-0.39, 0.29) is 22.9 Å². The van der Waals surface area contributed by atoms with Gasteiger partial charge in [0.25, 0.3) is 0 Å². The van der Waals surface area contributed by atoms with Gasteiger partial charge in [-0.15, -0.1) is 0 Å². The van der Waals surface area contributed by atoms with Crippen molar-refractivity contribution in [2.45, 2.75) is 25.8 Å². The van der Waals surface area contributed by atoms with Crippen molar-refractivity contribution in [3.8, 4) is 0 Å². The molecule has 2 aliphatic rings. The van der Waals surface area contributed by atoms with Gasteiger partial charge in [-0.3, -0.25) is 14.5 Å². The summed E-state index contributed by atoms with van der Waals surface area (Å²) in [7, 11) is 0. The number of pyridine rings is 1. The molecule has 0 unspecified atom stereocenters. The van der Waals surface area contributed by atoms with E-state index in [1.54, 1.807) is 10.6 Å². The van der Waals surface area contributed by atoms with Crippen molar-refractivity contribution in [1.29, 1.82) is 0 Å². The Balaban J connectivity index is 1.63. The zero-order valence-electron chi connectivity index (χ0n) is 16.9. The van der Waals surface area contributed by atoms with Crippen molar-refractivity contribution in [2.75, 3.05) is 44.2 Å².